The molecule has 0 bridgehead atoms. The Labute approximate surface area is 295 Å². The Hall–Kier alpha value is -5.38. The molecule has 6 aromatic rings. The molecule has 242 valence electrons. The van der Waals surface area contributed by atoms with Crippen molar-refractivity contribution in [3.63, 3.8) is 0 Å². The number of fused-ring (bicyclic) bond motifs is 2. The van der Waals surface area contributed by atoms with Gasteiger partial charge in [-0.05, 0) is 98.5 Å². The first-order chi connectivity index (χ1) is 24.1. The second-order valence-electron chi connectivity index (χ2n) is 12.5. The lowest BCUT2D eigenvalue weighted by atomic mass is 10.1. The van der Waals surface area contributed by atoms with Crippen LogP contribution in [0.5, 0.6) is 0 Å². The van der Waals surface area contributed by atoms with Crippen molar-refractivity contribution in [1.29, 1.82) is 0 Å². The van der Waals surface area contributed by atoms with Crippen LogP contribution in [0.1, 0.15) is 36.1 Å². The monoisotopic (exact) mass is 652 g/mol. The van der Waals surface area contributed by atoms with Crippen LogP contribution in [0.15, 0.2) is 169 Å². The molecule has 0 spiro atoms. The van der Waals surface area contributed by atoms with E-state index in [4.69, 9.17) is 0 Å². The third-order valence-electron chi connectivity index (χ3n) is 8.61. The topological polar surface area (TPSA) is 6.48 Å². The van der Waals surface area contributed by atoms with E-state index in [1.54, 1.807) is 0 Å². The van der Waals surface area contributed by atoms with Crippen molar-refractivity contribution in [3.05, 3.63) is 191 Å². The van der Waals surface area contributed by atoms with Gasteiger partial charge < -0.3 is 9.80 Å². The first kappa shape index (κ1) is 33.5. The predicted octanol–water partition coefficient (Wildman–Crippen LogP) is 13.0. The molecule has 0 unspecified atom stereocenters. The van der Waals surface area contributed by atoms with Crippen LogP contribution >= 0.6 is 0 Å². The number of rotatable bonds is 6. The van der Waals surface area contributed by atoms with Crippen LogP contribution in [-0.4, -0.2) is 9.52 Å². The highest BCUT2D eigenvalue weighted by Crippen LogP contribution is 2.42. The maximum atomic E-state index is 2.34. The van der Waals surface area contributed by atoms with E-state index in [9.17, 15) is 0 Å². The second kappa shape index (κ2) is 16.1. The van der Waals surface area contributed by atoms with Crippen LogP contribution in [0, 0.1) is 0 Å². The van der Waals surface area contributed by atoms with Crippen LogP contribution in [0.4, 0.5) is 34.1 Å². The Bertz CT molecular complexity index is 1790. The molecule has 0 saturated heterocycles. The summed E-state index contributed by atoms with van der Waals surface area (Å²) in [6, 6.07) is 55.5. The van der Waals surface area contributed by atoms with Crippen molar-refractivity contribution in [2.75, 3.05) is 9.80 Å². The Morgan fingerprint density at radius 1 is 0.388 bits per heavy atom. The molecule has 0 amide bonds. The van der Waals surface area contributed by atoms with Crippen LogP contribution in [-0.2, 0) is 12.8 Å². The standard InChI is InChI=1S/2C22H19N.C2H6Si/c2*1-17-15-18-9-8-14-22(21(18)16-17)23(19-10-4-2-5-11-19)20-12-6-3-7-13-20;1-3-2/h2*2-14,16H,15H2,1H3;1-2H3. The molecule has 2 radical (unpaired) electrons. The molecule has 0 aromatic heterocycles. The van der Waals surface area contributed by atoms with Crippen LogP contribution in [0.2, 0.25) is 13.1 Å². The molecule has 2 nitrogen and oxygen atoms in total. The summed E-state index contributed by atoms with van der Waals surface area (Å²) in [5.74, 6) is 0. The second-order valence-corrected chi connectivity index (χ2v) is 13.5. The largest absolute Gasteiger partial charge is 0.310 e. The minimum Gasteiger partial charge on any atom is -0.310 e. The molecule has 2 aliphatic carbocycles. The molecule has 49 heavy (non-hydrogen) atoms. The smallest absolute Gasteiger partial charge is 0.0536 e. The SMILES string of the molecule is CC1=Cc2c(cccc2N(c2ccccc2)c2ccccc2)C1.CC1=Cc2c(cccc2N(c2ccccc2)c2ccccc2)C1.C[Si]C. The summed E-state index contributed by atoms with van der Waals surface area (Å²) in [7, 11) is 1.08. The fraction of sp³-hybridized carbons (Fsp3) is 0.130. The van der Waals surface area contributed by atoms with Gasteiger partial charge in [-0.1, -0.05) is 133 Å². The molecular formula is C46H44N2Si. The summed E-state index contributed by atoms with van der Waals surface area (Å²) in [4.78, 5) is 4.68. The van der Waals surface area contributed by atoms with E-state index in [1.807, 2.05) is 0 Å². The quantitative estimate of drug-likeness (QED) is 0.165. The Kier molecular flexibility index (Phi) is 11.0. The van der Waals surface area contributed by atoms with E-state index in [-0.39, 0.29) is 0 Å². The molecule has 0 atom stereocenters. The van der Waals surface area contributed by atoms with Crippen molar-refractivity contribution < 1.29 is 0 Å². The van der Waals surface area contributed by atoms with Gasteiger partial charge in [0.15, 0.2) is 0 Å². The van der Waals surface area contributed by atoms with Gasteiger partial charge in [-0.2, -0.15) is 0 Å². The van der Waals surface area contributed by atoms with Crippen molar-refractivity contribution in [2.45, 2.75) is 39.8 Å². The zero-order valence-electron chi connectivity index (χ0n) is 29.0. The molecular weight excluding hydrogens is 609 g/mol. The van der Waals surface area contributed by atoms with Gasteiger partial charge >= 0.3 is 0 Å². The number of para-hydroxylation sites is 4. The fourth-order valence-electron chi connectivity index (χ4n) is 6.59. The molecule has 8 rings (SSSR count). The summed E-state index contributed by atoms with van der Waals surface area (Å²) in [5.41, 5.74) is 15.6. The summed E-state index contributed by atoms with van der Waals surface area (Å²) >= 11 is 0. The normalized spacial score (nSPS) is 12.2. The third-order valence-corrected chi connectivity index (χ3v) is 8.61. The average Bonchev–Trinajstić information content (AvgIpc) is 3.73. The van der Waals surface area contributed by atoms with Gasteiger partial charge in [-0.25, -0.2) is 0 Å². The first-order valence-electron chi connectivity index (χ1n) is 17.0. The van der Waals surface area contributed by atoms with Gasteiger partial charge in [0.05, 0.1) is 11.4 Å². The Morgan fingerprint density at radius 3 is 0.959 bits per heavy atom. The maximum Gasteiger partial charge on any atom is 0.0536 e. The van der Waals surface area contributed by atoms with E-state index < -0.39 is 0 Å². The molecule has 6 aromatic carbocycles. The highest BCUT2D eigenvalue weighted by Gasteiger charge is 2.21. The molecule has 0 fully saturated rings. The van der Waals surface area contributed by atoms with E-state index in [0.717, 1.165) is 22.4 Å². The van der Waals surface area contributed by atoms with Crippen molar-refractivity contribution >= 4 is 55.8 Å². The molecule has 0 aliphatic heterocycles. The summed E-state index contributed by atoms with van der Waals surface area (Å²) in [6.45, 7) is 8.72. The van der Waals surface area contributed by atoms with Gasteiger partial charge in [-0.3, -0.25) is 0 Å². The van der Waals surface area contributed by atoms with Crippen molar-refractivity contribution in [1.82, 2.24) is 0 Å². The first-order valence-corrected chi connectivity index (χ1v) is 19.0. The highest BCUT2D eigenvalue weighted by atomic mass is 28.2. The van der Waals surface area contributed by atoms with Crippen LogP contribution < -0.4 is 9.80 Å². The minimum atomic E-state index is 1.06. The fourth-order valence-corrected chi connectivity index (χ4v) is 6.59. The van der Waals surface area contributed by atoms with E-state index in [0.29, 0.717) is 0 Å². The number of anilines is 6. The Morgan fingerprint density at radius 2 is 0.673 bits per heavy atom. The van der Waals surface area contributed by atoms with Crippen molar-refractivity contribution in [3.8, 4) is 0 Å². The van der Waals surface area contributed by atoms with Gasteiger partial charge in [0.2, 0.25) is 0 Å². The lowest BCUT2D eigenvalue weighted by Crippen LogP contribution is -2.11. The number of hydrogen-bond donors (Lipinski definition) is 0. The zero-order valence-corrected chi connectivity index (χ0v) is 30.0. The van der Waals surface area contributed by atoms with Crippen LogP contribution in [0.25, 0.3) is 12.2 Å². The molecule has 0 heterocycles. The lowest BCUT2D eigenvalue weighted by Gasteiger charge is -2.27. The van der Waals surface area contributed by atoms with E-state index in [1.165, 1.54) is 67.5 Å². The number of allylic oxidation sites excluding steroid dienone is 2. The van der Waals surface area contributed by atoms with Crippen molar-refractivity contribution in [2.24, 2.45) is 0 Å². The number of hydrogen-bond acceptors (Lipinski definition) is 2. The Balaban J connectivity index is 0.000000158. The molecule has 0 saturated carbocycles. The zero-order chi connectivity index (χ0) is 34.0. The number of nitrogens with zero attached hydrogens (tertiary/aromatic N) is 2. The molecule has 2 aliphatic rings. The van der Waals surface area contributed by atoms with Gasteiger partial charge in [0.1, 0.15) is 0 Å². The summed E-state index contributed by atoms with van der Waals surface area (Å²) in [5, 5.41) is 0. The number of benzene rings is 6. The molecule has 3 heteroatoms. The summed E-state index contributed by atoms with van der Waals surface area (Å²) in [6.07, 6.45) is 6.76. The third kappa shape index (κ3) is 7.85. The van der Waals surface area contributed by atoms with Gasteiger partial charge in [-0.15, -0.1) is 0 Å². The highest BCUT2D eigenvalue weighted by molar-refractivity contribution is 6.31. The summed E-state index contributed by atoms with van der Waals surface area (Å²) < 4.78 is 0. The maximum absolute atomic E-state index is 2.34. The lowest BCUT2D eigenvalue weighted by molar-refractivity contribution is 1.19. The van der Waals surface area contributed by atoms with Crippen LogP contribution in [0.3, 0.4) is 0 Å². The van der Waals surface area contributed by atoms with E-state index >= 15 is 0 Å². The molecule has 0 N–H and O–H groups in total. The average molecular weight is 653 g/mol. The van der Waals surface area contributed by atoms with E-state index in [2.05, 4.69) is 207 Å². The van der Waals surface area contributed by atoms with Gasteiger partial charge in [0.25, 0.3) is 0 Å². The predicted molar refractivity (Wildman–Crippen MR) is 214 cm³/mol. The minimum absolute atomic E-state index is 1.06. The van der Waals surface area contributed by atoms with Gasteiger partial charge in [0, 0.05) is 43.4 Å².